The molecule has 0 saturated carbocycles. The fraction of sp³-hybridized carbons (Fsp3) is 0.235. The molecule has 9 heteroatoms. The Labute approximate surface area is 254 Å². The third kappa shape index (κ3) is 7.61. The molecule has 2 amide bonds. The maximum absolute atomic E-state index is 14.4. The van der Waals surface area contributed by atoms with Crippen molar-refractivity contribution < 1.29 is 22.7 Å². The highest BCUT2D eigenvalue weighted by Gasteiger charge is 2.34. The van der Waals surface area contributed by atoms with Crippen LogP contribution in [-0.2, 0) is 32.6 Å². The standard InChI is InChI=1S/C34H37N3O5S/c1-25-17-19-31(20-18-25)43(40,41)37(29-15-10-16-30(22-29)42-4)24-33(38)36(23-28-14-9-8-11-26(28)2)32(34(39)35-3)21-27-12-6-5-7-13-27/h5-20,22,32H,21,23-24H2,1-4H3,(H,35,39)/t32-/m0/s1. The van der Waals surface area contributed by atoms with Crippen LogP contribution in [0.4, 0.5) is 5.69 Å². The van der Waals surface area contributed by atoms with Gasteiger partial charge in [-0.2, -0.15) is 0 Å². The Bertz CT molecular complexity index is 1660. The Morgan fingerprint density at radius 1 is 0.860 bits per heavy atom. The van der Waals surface area contributed by atoms with E-state index in [2.05, 4.69) is 5.32 Å². The normalized spacial score (nSPS) is 11.8. The Hall–Kier alpha value is -4.63. The van der Waals surface area contributed by atoms with Crippen LogP contribution in [0.1, 0.15) is 22.3 Å². The van der Waals surface area contributed by atoms with Gasteiger partial charge in [0.15, 0.2) is 0 Å². The summed E-state index contributed by atoms with van der Waals surface area (Å²) in [6.07, 6.45) is 0.252. The van der Waals surface area contributed by atoms with Crippen LogP contribution in [0.5, 0.6) is 5.75 Å². The fourth-order valence-electron chi connectivity index (χ4n) is 4.82. The first-order valence-electron chi connectivity index (χ1n) is 14.0. The Morgan fingerprint density at radius 3 is 2.19 bits per heavy atom. The summed E-state index contributed by atoms with van der Waals surface area (Å²) in [5.41, 5.74) is 3.85. The number of nitrogens with zero attached hydrogens (tertiary/aromatic N) is 2. The van der Waals surface area contributed by atoms with Gasteiger partial charge in [-0.15, -0.1) is 0 Å². The highest BCUT2D eigenvalue weighted by atomic mass is 32.2. The number of amides is 2. The molecule has 43 heavy (non-hydrogen) atoms. The average Bonchev–Trinajstić information content (AvgIpc) is 3.02. The zero-order valence-electron chi connectivity index (χ0n) is 24.9. The summed E-state index contributed by atoms with van der Waals surface area (Å²) < 4.78 is 34.6. The van der Waals surface area contributed by atoms with Gasteiger partial charge in [0.1, 0.15) is 18.3 Å². The third-order valence-electron chi connectivity index (χ3n) is 7.35. The number of likely N-dealkylation sites (N-methyl/N-ethyl adjacent to an activating group) is 1. The van der Waals surface area contributed by atoms with Crippen LogP contribution in [0.2, 0.25) is 0 Å². The van der Waals surface area contributed by atoms with E-state index in [4.69, 9.17) is 4.74 Å². The van der Waals surface area contributed by atoms with Gasteiger partial charge < -0.3 is 15.0 Å². The first-order chi connectivity index (χ1) is 20.6. The number of ether oxygens (including phenoxy) is 1. The molecule has 0 spiro atoms. The van der Waals surface area contributed by atoms with E-state index in [0.29, 0.717) is 5.75 Å². The number of rotatable bonds is 12. The summed E-state index contributed by atoms with van der Waals surface area (Å²) in [5.74, 6) is -0.426. The summed E-state index contributed by atoms with van der Waals surface area (Å²) in [6.45, 7) is 3.40. The number of sulfonamides is 1. The lowest BCUT2D eigenvalue weighted by Gasteiger charge is -2.34. The number of carbonyl (C=O) groups excluding carboxylic acids is 2. The summed E-state index contributed by atoms with van der Waals surface area (Å²) in [5, 5.41) is 2.70. The zero-order valence-corrected chi connectivity index (χ0v) is 25.7. The molecule has 224 valence electrons. The summed E-state index contributed by atoms with van der Waals surface area (Å²) in [4.78, 5) is 29.3. The summed E-state index contributed by atoms with van der Waals surface area (Å²) in [7, 11) is -1.17. The summed E-state index contributed by atoms with van der Waals surface area (Å²) >= 11 is 0. The second-order valence-corrected chi connectivity index (χ2v) is 12.2. The molecule has 1 atom stereocenters. The number of hydrogen-bond donors (Lipinski definition) is 1. The van der Waals surface area contributed by atoms with Crippen LogP contribution < -0.4 is 14.4 Å². The SMILES string of the molecule is CNC(=O)[C@H](Cc1ccccc1)N(Cc1ccccc1C)C(=O)CN(c1cccc(OC)c1)S(=O)(=O)c1ccc(C)cc1. The smallest absolute Gasteiger partial charge is 0.264 e. The van der Waals surface area contributed by atoms with Gasteiger partial charge in [-0.05, 0) is 54.8 Å². The van der Waals surface area contributed by atoms with Crippen molar-refractivity contribution in [2.24, 2.45) is 0 Å². The van der Waals surface area contributed by atoms with Crippen molar-refractivity contribution in [3.05, 3.63) is 125 Å². The molecule has 1 N–H and O–H groups in total. The number of aryl methyl sites for hydroxylation is 2. The molecule has 0 aromatic heterocycles. The van der Waals surface area contributed by atoms with E-state index >= 15 is 0 Å². The quantitative estimate of drug-likeness (QED) is 0.250. The highest BCUT2D eigenvalue weighted by Crippen LogP contribution is 2.28. The first-order valence-corrected chi connectivity index (χ1v) is 15.4. The van der Waals surface area contributed by atoms with Crippen LogP contribution in [0.15, 0.2) is 108 Å². The molecule has 0 fully saturated rings. The van der Waals surface area contributed by atoms with Crippen molar-refractivity contribution in [2.75, 3.05) is 25.0 Å². The Balaban J connectivity index is 1.81. The second-order valence-electron chi connectivity index (χ2n) is 10.3. The molecule has 0 saturated heterocycles. The number of anilines is 1. The van der Waals surface area contributed by atoms with Crippen molar-refractivity contribution >= 4 is 27.5 Å². The number of benzene rings is 4. The summed E-state index contributed by atoms with van der Waals surface area (Å²) in [6, 6.07) is 29.2. The number of hydrogen-bond acceptors (Lipinski definition) is 5. The molecule has 0 aliphatic carbocycles. The monoisotopic (exact) mass is 599 g/mol. The molecule has 0 aliphatic heterocycles. The number of carbonyl (C=O) groups is 2. The predicted molar refractivity (Wildman–Crippen MR) is 168 cm³/mol. The fourth-order valence-corrected chi connectivity index (χ4v) is 6.23. The van der Waals surface area contributed by atoms with Gasteiger partial charge in [0, 0.05) is 26.1 Å². The number of methoxy groups -OCH3 is 1. The Kier molecular flexibility index (Phi) is 10.2. The molecule has 0 bridgehead atoms. The molecule has 4 aromatic carbocycles. The van der Waals surface area contributed by atoms with E-state index in [0.717, 1.165) is 26.6 Å². The van der Waals surface area contributed by atoms with Gasteiger partial charge >= 0.3 is 0 Å². The van der Waals surface area contributed by atoms with Crippen molar-refractivity contribution in [2.45, 2.75) is 37.8 Å². The molecule has 0 aliphatic rings. The van der Waals surface area contributed by atoms with Gasteiger partial charge in [0.25, 0.3) is 10.0 Å². The molecule has 0 radical (unpaired) electrons. The molecule has 0 heterocycles. The maximum atomic E-state index is 14.4. The maximum Gasteiger partial charge on any atom is 0.264 e. The van der Waals surface area contributed by atoms with E-state index in [9.17, 15) is 18.0 Å². The predicted octanol–water partition coefficient (Wildman–Crippen LogP) is 4.89. The lowest BCUT2D eigenvalue weighted by molar-refractivity contribution is -0.139. The molecule has 8 nitrogen and oxygen atoms in total. The van der Waals surface area contributed by atoms with Crippen molar-refractivity contribution in [3.8, 4) is 5.75 Å². The topological polar surface area (TPSA) is 96.0 Å². The lowest BCUT2D eigenvalue weighted by Crippen LogP contribution is -2.53. The molecular formula is C34H37N3O5S. The van der Waals surface area contributed by atoms with Gasteiger partial charge in [-0.3, -0.25) is 13.9 Å². The van der Waals surface area contributed by atoms with Gasteiger partial charge in [0.2, 0.25) is 11.8 Å². The van der Waals surface area contributed by atoms with Crippen LogP contribution in [0.3, 0.4) is 0 Å². The minimum Gasteiger partial charge on any atom is -0.497 e. The van der Waals surface area contributed by atoms with Crippen LogP contribution in [-0.4, -0.2) is 51.9 Å². The van der Waals surface area contributed by atoms with E-state index in [-0.39, 0.29) is 29.5 Å². The largest absolute Gasteiger partial charge is 0.497 e. The van der Waals surface area contributed by atoms with E-state index in [1.54, 1.807) is 36.4 Å². The third-order valence-corrected chi connectivity index (χ3v) is 9.14. The Morgan fingerprint density at radius 2 is 1.53 bits per heavy atom. The van der Waals surface area contributed by atoms with Gasteiger partial charge in [0.05, 0.1) is 17.7 Å². The average molecular weight is 600 g/mol. The second kappa shape index (κ2) is 14.0. The van der Waals surface area contributed by atoms with Crippen molar-refractivity contribution in [1.29, 1.82) is 0 Å². The van der Waals surface area contributed by atoms with Crippen molar-refractivity contribution in [3.63, 3.8) is 0 Å². The zero-order chi connectivity index (χ0) is 31.0. The van der Waals surface area contributed by atoms with Crippen LogP contribution in [0, 0.1) is 13.8 Å². The van der Waals surface area contributed by atoms with Crippen LogP contribution in [0.25, 0.3) is 0 Å². The highest BCUT2D eigenvalue weighted by molar-refractivity contribution is 7.92. The minimum atomic E-state index is -4.19. The lowest BCUT2D eigenvalue weighted by atomic mass is 10.0. The molecule has 0 unspecified atom stereocenters. The van der Waals surface area contributed by atoms with Gasteiger partial charge in [-0.25, -0.2) is 8.42 Å². The van der Waals surface area contributed by atoms with Gasteiger partial charge in [-0.1, -0.05) is 78.4 Å². The van der Waals surface area contributed by atoms with E-state index in [1.807, 2.05) is 68.4 Å². The first kappa shape index (κ1) is 31.3. The van der Waals surface area contributed by atoms with Crippen LogP contribution >= 0.6 is 0 Å². The number of nitrogens with one attached hydrogen (secondary N) is 1. The molecule has 4 aromatic rings. The molecular weight excluding hydrogens is 562 g/mol. The minimum absolute atomic E-state index is 0.0475. The van der Waals surface area contributed by atoms with E-state index < -0.39 is 28.5 Å². The molecule has 4 rings (SSSR count). The van der Waals surface area contributed by atoms with Crippen molar-refractivity contribution in [1.82, 2.24) is 10.2 Å². The van der Waals surface area contributed by atoms with E-state index in [1.165, 1.54) is 31.2 Å².